The normalized spacial score (nSPS) is 31.4. The van der Waals surface area contributed by atoms with Crippen LogP contribution in [0.3, 0.4) is 0 Å². The van der Waals surface area contributed by atoms with Crippen molar-refractivity contribution in [2.45, 2.75) is 49.6 Å². The van der Waals surface area contributed by atoms with Gasteiger partial charge in [0.2, 0.25) is 0 Å². The van der Waals surface area contributed by atoms with Gasteiger partial charge in [-0.3, -0.25) is 0 Å². The van der Waals surface area contributed by atoms with Crippen LogP contribution in [0.1, 0.15) is 27.0 Å². The molecular weight excluding hydrogens is 442 g/mol. The first-order chi connectivity index (χ1) is 13.5. The molecule has 29 heavy (non-hydrogen) atoms. The zero-order valence-electron chi connectivity index (χ0n) is 16.6. The molecule has 3 unspecified atom stereocenters. The molecule has 2 fully saturated rings. The van der Waals surface area contributed by atoms with Gasteiger partial charge in [-0.25, -0.2) is 0 Å². The number of halogens is 2. The summed E-state index contributed by atoms with van der Waals surface area (Å²) in [5, 5.41) is 0. The molecule has 2 aliphatic rings. The number of nitrogen functional groups attached to an aromatic ring is 2. The monoisotopic (exact) mass is 466 g/mol. The van der Waals surface area contributed by atoms with Gasteiger partial charge in [-0.1, -0.05) is 0 Å². The Hall–Kier alpha value is -1.000. The van der Waals surface area contributed by atoms with Gasteiger partial charge in [-0.15, -0.1) is 0 Å². The second kappa shape index (κ2) is 6.75. The molecule has 2 aliphatic heterocycles. The number of alkyl halides is 2. The molecular formula is C16H25Cl2N6O4P. The van der Waals surface area contributed by atoms with Crippen LogP contribution in [0, 0.1) is 0 Å². The molecule has 0 radical (unpaired) electrons. The topological polar surface area (TPSA) is 133 Å². The van der Waals surface area contributed by atoms with Crippen molar-refractivity contribution in [2.75, 3.05) is 30.9 Å². The number of aromatic nitrogens is 4. The Labute approximate surface area is 178 Å². The van der Waals surface area contributed by atoms with E-state index in [1.807, 2.05) is 27.4 Å². The molecule has 2 saturated heterocycles. The van der Waals surface area contributed by atoms with Gasteiger partial charge in [0.1, 0.15) is 0 Å². The maximum absolute atomic E-state index is 6.83. The number of imidazole rings is 1. The van der Waals surface area contributed by atoms with Gasteiger partial charge in [-0.05, 0) is 0 Å². The number of hydrogen-bond acceptors (Lipinski definition) is 9. The van der Waals surface area contributed by atoms with Crippen LogP contribution in [0.25, 0.3) is 11.2 Å². The number of fused-ring (bicyclic) bond motifs is 2. The summed E-state index contributed by atoms with van der Waals surface area (Å²) in [6, 6.07) is 0. The van der Waals surface area contributed by atoms with Crippen LogP contribution < -0.4 is 11.5 Å². The van der Waals surface area contributed by atoms with Crippen LogP contribution in [0.2, 0.25) is 0 Å². The molecule has 0 bridgehead atoms. The molecule has 2 aromatic rings. The SMILES string of the molecule is CCP1(C)(OC(C)C)OCC2OC(n3cnc4c(N)nc(N)nc43)C(Cl)(Cl)C2O1. The molecule has 0 aliphatic carbocycles. The Morgan fingerprint density at radius 2 is 2.10 bits per heavy atom. The molecule has 3 atom stereocenters. The van der Waals surface area contributed by atoms with Gasteiger partial charge in [0.25, 0.3) is 0 Å². The fraction of sp³-hybridized carbons (Fsp3) is 0.688. The molecule has 4 N–H and O–H groups in total. The molecule has 2 aromatic heterocycles. The van der Waals surface area contributed by atoms with E-state index >= 15 is 0 Å². The standard InChI is InChI=1S/C16H25Cl2N6O4P/c1-5-29(4,27-8(2)3)25-6-9-11(28-29)16(17,18)14(26-9)24-7-21-10-12(19)22-15(20)23-13(10)24/h7-9,11,14H,5-6H2,1-4H3,(H4,19,20,22,23). The third-order valence-electron chi connectivity index (χ3n) is 5.19. The Morgan fingerprint density at radius 1 is 1.38 bits per heavy atom. The van der Waals surface area contributed by atoms with Crippen molar-refractivity contribution < 1.29 is 18.3 Å². The third-order valence-corrected chi connectivity index (χ3v) is 9.92. The fourth-order valence-electron chi connectivity index (χ4n) is 3.77. The Kier molecular flexibility index (Phi) is 4.94. The van der Waals surface area contributed by atoms with E-state index in [9.17, 15) is 0 Å². The summed E-state index contributed by atoms with van der Waals surface area (Å²) >= 11 is 13.7. The molecule has 13 heteroatoms. The Bertz CT molecular complexity index is 961. The van der Waals surface area contributed by atoms with Crippen molar-refractivity contribution in [3.8, 4) is 0 Å². The predicted octanol–water partition coefficient (Wildman–Crippen LogP) is 2.85. The third kappa shape index (κ3) is 3.35. The predicted molar refractivity (Wildman–Crippen MR) is 113 cm³/mol. The maximum atomic E-state index is 6.83. The molecule has 0 amide bonds. The van der Waals surface area contributed by atoms with Crippen molar-refractivity contribution in [3.63, 3.8) is 0 Å². The first kappa shape index (κ1) is 21.2. The number of rotatable bonds is 4. The van der Waals surface area contributed by atoms with Crippen LogP contribution in [0.4, 0.5) is 11.8 Å². The van der Waals surface area contributed by atoms with Gasteiger partial charge in [-0.2, -0.15) is 0 Å². The first-order valence-electron chi connectivity index (χ1n) is 9.29. The van der Waals surface area contributed by atoms with Crippen molar-refractivity contribution >= 4 is 53.4 Å². The van der Waals surface area contributed by atoms with Crippen LogP contribution in [-0.2, 0) is 18.3 Å². The van der Waals surface area contributed by atoms with Gasteiger partial charge < -0.3 is 0 Å². The van der Waals surface area contributed by atoms with Crippen molar-refractivity contribution in [1.29, 1.82) is 0 Å². The van der Waals surface area contributed by atoms with Crippen molar-refractivity contribution in [2.24, 2.45) is 0 Å². The fourth-order valence-corrected chi connectivity index (χ4v) is 7.69. The Balaban J connectivity index is 1.73. The molecule has 0 aromatic carbocycles. The van der Waals surface area contributed by atoms with Gasteiger partial charge in [0.05, 0.1) is 0 Å². The molecule has 4 rings (SSSR count). The van der Waals surface area contributed by atoms with Crippen LogP contribution in [0.5, 0.6) is 0 Å². The van der Waals surface area contributed by atoms with E-state index in [0.717, 1.165) is 0 Å². The van der Waals surface area contributed by atoms with Crippen molar-refractivity contribution in [3.05, 3.63) is 6.33 Å². The van der Waals surface area contributed by atoms with E-state index in [1.165, 1.54) is 6.33 Å². The van der Waals surface area contributed by atoms with E-state index in [4.69, 9.17) is 53.0 Å². The summed E-state index contributed by atoms with van der Waals surface area (Å²) in [5.74, 6) is 0.169. The molecule has 10 nitrogen and oxygen atoms in total. The quantitative estimate of drug-likeness (QED) is 0.515. The summed E-state index contributed by atoms with van der Waals surface area (Å²) in [7, 11) is -3.41. The minimum absolute atomic E-state index is 0.0105. The van der Waals surface area contributed by atoms with E-state index in [1.54, 1.807) is 4.57 Å². The summed E-state index contributed by atoms with van der Waals surface area (Å²) in [6.45, 7) is 7.94. The zero-order chi connectivity index (χ0) is 21.2. The number of ether oxygens (including phenoxy) is 1. The number of anilines is 2. The molecule has 0 spiro atoms. The van der Waals surface area contributed by atoms with E-state index in [0.29, 0.717) is 17.3 Å². The molecule has 4 heterocycles. The second-order valence-corrected chi connectivity index (χ2v) is 13.5. The summed E-state index contributed by atoms with van der Waals surface area (Å²) in [4.78, 5) is 12.4. The van der Waals surface area contributed by atoms with E-state index in [-0.39, 0.29) is 24.5 Å². The van der Waals surface area contributed by atoms with Crippen LogP contribution >= 0.6 is 30.5 Å². The summed E-state index contributed by atoms with van der Waals surface area (Å²) in [5.41, 5.74) is 12.4. The average molecular weight is 467 g/mol. The number of nitrogens with zero attached hydrogens (tertiary/aromatic N) is 4. The van der Waals surface area contributed by atoms with E-state index < -0.39 is 30.1 Å². The average Bonchev–Trinajstić information content (AvgIpc) is 3.13. The van der Waals surface area contributed by atoms with Gasteiger partial charge >= 0.3 is 178 Å². The number of hydrogen-bond donors (Lipinski definition) is 2. The van der Waals surface area contributed by atoms with E-state index in [2.05, 4.69) is 15.0 Å². The number of nitrogens with two attached hydrogens (primary N) is 2. The Morgan fingerprint density at radius 3 is 2.76 bits per heavy atom. The van der Waals surface area contributed by atoms with Crippen LogP contribution in [-0.4, -0.2) is 61.6 Å². The van der Waals surface area contributed by atoms with Crippen molar-refractivity contribution in [1.82, 2.24) is 19.5 Å². The van der Waals surface area contributed by atoms with Crippen LogP contribution in [0.15, 0.2) is 6.33 Å². The second-order valence-electron chi connectivity index (χ2n) is 7.76. The molecule has 0 saturated carbocycles. The summed E-state index contributed by atoms with van der Waals surface area (Å²) in [6.07, 6.45) is -0.0799. The van der Waals surface area contributed by atoms with Gasteiger partial charge in [0.15, 0.2) is 0 Å². The minimum atomic E-state index is -3.41. The van der Waals surface area contributed by atoms with Gasteiger partial charge in [0, 0.05) is 0 Å². The first-order valence-corrected chi connectivity index (χ1v) is 12.7. The summed E-state index contributed by atoms with van der Waals surface area (Å²) < 4.78 is 25.0. The zero-order valence-corrected chi connectivity index (χ0v) is 19.0. The molecule has 162 valence electrons.